The van der Waals surface area contributed by atoms with E-state index in [1.165, 1.54) is 35.2 Å². The van der Waals surface area contributed by atoms with E-state index in [0.29, 0.717) is 24.2 Å². The first-order valence-corrected chi connectivity index (χ1v) is 11.4. The average molecular weight is 519 g/mol. The van der Waals surface area contributed by atoms with Gasteiger partial charge in [-0.2, -0.15) is 13.2 Å². The third kappa shape index (κ3) is 5.76. The van der Waals surface area contributed by atoms with Crippen LogP contribution in [0.5, 0.6) is 0 Å². The highest BCUT2D eigenvalue weighted by atomic mass is 35.5. The van der Waals surface area contributed by atoms with Crippen LogP contribution in [0.25, 0.3) is 0 Å². The molecule has 11 heteroatoms. The molecule has 36 heavy (non-hydrogen) atoms. The number of rotatable bonds is 8. The highest BCUT2D eigenvalue weighted by Gasteiger charge is 2.51. The Hall–Kier alpha value is -3.66. The first kappa shape index (κ1) is 25.4. The quantitative estimate of drug-likeness (QED) is 0.415. The molecule has 1 fully saturated rings. The van der Waals surface area contributed by atoms with Crippen molar-refractivity contribution < 1.29 is 22.8 Å². The number of amides is 1. The summed E-state index contributed by atoms with van der Waals surface area (Å²) in [6, 6.07) is 9.38. The summed E-state index contributed by atoms with van der Waals surface area (Å²) < 4.78 is 41.2. The lowest BCUT2D eigenvalue weighted by Crippen LogP contribution is -2.33. The van der Waals surface area contributed by atoms with Gasteiger partial charge in [0.25, 0.3) is 5.56 Å². The van der Waals surface area contributed by atoms with E-state index in [9.17, 15) is 27.6 Å². The van der Waals surface area contributed by atoms with E-state index in [1.54, 1.807) is 25.2 Å². The minimum absolute atomic E-state index is 0.00488. The number of halogens is 4. The van der Waals surface area contributed by atoms with Crippen molar-refractivity contribution in [1.29, 1.82) is 0 Å². The van der Waals surface area contributed by atoms with Gasteiger partial charge in [-0.15, -0.1) is 0 Å². The summed E-state index contributed by atoms with van der Waals surface area (Å²) in [6.45, 7) is 0.0929. The molecule has 0 saturated heterocycles. The summed E-state index contributed by atoms with van der Waals surface area (Å²) in [5.74, 6) is -0.547. The van der Waals surface area contributed by atoms with E-state index in [2.05, 4.69) is 15.6 Å². The van der Waals surface area contributed by atoms with Crippen molar-refractivity contribution >= 4 is 34.7 Å². The lowest BCUT2D eigenvalue weighted by Gasteiger charge is -2.16. The second-order valence-electron chi connectivity index (χ2n) is 8.78. The third-order valence-corrected chi connectivity index (χ3v) is 6.32. The van der Waals surface area contributed by atoms with Crippen LogP contribution in [0.2, 0.25) is 5.02 Å². The van der Waals surface area contributed by atoms with Crippen LogP contribution in [-0.2, 0) is 24.6 Å². The summed E-state index contributed by atoms with van der Waals surface area (Å²) in [6.07, 6.45) is -0.576. The number of pyridine rings is 2. The highest BCUT2D eigenvalue weighted by Crippen LogP contribution is 2.49. The molecule has 1 saturated carbocycles. The topological polar surface area (TPSA) is 93.1 Å². The molecule has 0 aliphatic heterocycles. The van der Waals surface area contributed by atoms with Crippen LogP contribution in [0.3, 0.4) is 0 Å². The Morgan fingerprint density at radius 1 is 1.14 bits per heavy atom. The molecule has 0 spiro atoms. The minimum atomic E-state index is -4.58. The van der Waals surface area contributed by atoms with Gasteiger partial charge in [0, 0.05) is 36.3 Å². The lowest BCUT2D eigenvalue weighted by molar-refractivity contribution is -0.137. The van der Waals surface area contributed by atoms with Crippen molar-refractivity contribution in [2.75, 3.05) is 5.32 Å². The number of nitrogens with one attached hydrogen (secondary N) is 2. The Morgan fingerprint density at radius 3 is 2.50 bits per heavy atom. The predicted molar refractivity (Wildman–Crippen MR) is 128 cm³/mol. The van der Waals surface area contributed by atoms with Gasteiger partial charge in [0.05, 0.1) is 40.8 Å². The molecule has 0 unspecified atom stereocenters. The molecule has 3 aromatic rings. The molecular weight excluding hydrogens is 497 g/mol. The highest BCUT2D eigenvalue weighted by molar-refractivity contribution is 6.30. The molecule has 0 radical (unpaired) electrons. The van der Waals surface area contributed by atoms with Crippen LogP contribution in [0.4, 0.5) is 24.5 Å². The number of nitrogens with zero attached hydrogens (tertiary/aromatic N) is 2. The first-order chi connectivity index (χ1) is 17.0. The number of anilines is 2. The number of alkyl halides is 3. The van der Waals surface area contributed by atoms with E-state index in [4.69, 9.17) is 11.6 Å². The van der Waals surface area contributed by atoms with E-state index >= 15 is 0 Å². The van der Waals surface area contributed by atoms with Crippen molar-refractivity contribution in [3.05, 3.63) is 87.1 Å². The van der Waals surface area contributed by atoms with Gasteiger partial charge in [0.15, 0.2) is 5.78 Å². The lowest BCUT2D eigenvalue weighted by atomic mass is 9.95. The molecule has 2 heterocycles. The number of carbonyl (C=O) groups excluding carboxylic acids is 2. The second-order valence-corrected chi connectivity index (χ2v) is 9.21. The molecule has 0 atom stereocenters. The van der Waals surface area contributed by atoms with Gasteiger partial charge >= 0.3 is 6.18 Å². The molecule has 1 aromatic carbocycles. The smallest absolute Gasteiger partial charge is 0.354 e. The Kier molecular flexibility index (Phi) is 6.90. The number of carbonyl (C=O) groups is 2. The third-order valence-electron chi connectivity index (χ3n) is 6.08. The summed E-state index contributed by atoms with van der Waals surface area (Å²) in [7, 11) is 1.58. The average Bonchev–Trinajstić information content (AvgIpc) is 3.61. The van der Waals surface area contributed by atoms with Crippen LogP contribution in [0.15, 0.2) is 59.7 Å². The molecule has 1 amide bonds. The summed E-state index contributed by atoms with van der Waals surface area (Å²) in [5, 5.41) is 5.44. The fraction of sp³-hybridized carbons (Fsp3) is 0.280. The number of benzene rings is 1. The molecule has 0 bridgehead atoms. The monoisotopic (exact) mass is 518 g/mol. The number of hydrogen-bond donors (Lipinski definition) is 2. The van der Waals surface area contributed by atoms with Crippen molar-refractivity contribution in [2.45, 2.75) is 32.0 Å². The SMILES string of the molecule is Cn1ccc(C(=O)CC2(C(=O)NCc3ccc(Nc4ccc(Cl)cc4C(F)(F)F)cn3)CC2)cc1=O. The van der Waals surface area contributed by atoms with Gasteiger partial charge in [-0.3, -0.25) is 19.4 Å². The molecule has 188 valence electrons. The van der Waals surface area contributed by atoms with Crippen molar-refractivity contribution in [3.63, 3.8) is 0 Å². The maximum Gasteiger partial charge on any atom is 0.418 e. The largest absolute Gasteiger partial charge is 0.418 e. The van der Waals surface area contributed by atoms with E-state index in [0.717, 1.165) is 6.07 Å². The zero-order valence-corrected chi connectivity index (χ0v) is 19.9. The van der Waals surface area contributed by atoms with Crippen LogP contribution in [-0.4, -0.2) is 21.2 Å². The van der Waals surface area contributed by atoms with Crippen molar-refractivity contribution in [2.24, 2.45) is 12.5 Å². The van der Waals surface area contributed by atoms with Gasteiger partial charge < -0.3 is 15.2 Å². The van der Waals surface area contributed by atoms with E-state index < -0.39 is 17.2 Å². The Morgan fingerprint density at radius 2 is 1.89 bits per heavy atom. The normalized spacial score (nSPS) is 14.2. The minimum Gasteiger partial charge on any atom is -0.354 e. The van der Waals surface area contributed by atoms with Crippen LogP contribution >= 0.6 is 11.6 Å². The van der Waals surface area contributed by atoms with Gasteiger partial charge in [-0.05, 0) is 49.2 Å². The van der Waals surface area contributed by atoms with Gasteiger partial charge in [-0.25, -0.2) is 0 Å². The molecular formula is C25H22ClF3N4O3. The fourth-order valence-corrected chi connectivity index (χ4v) is 3.92. The summed E-state index contributed by atoms with van der Waals surface area (Å²) in [5.41, 5.74) is -1.06. The van der Waals surface area contributed by atoms with Crippen molar-refractivity contribution in [3.8, 4) is 0 Å². The van der Waals surface area contributed by atoms with Crippen LogP contribution in [0, 0.1) is 5.41 Å². The second kappa shape index (κ2) is 9.77. The Balaban J connectivity index is 1.35. The predicted octanol–water partition coefficient (Wildman–Crippen LogP) is 4.87. The molecule has 2 aromatic heterocycles. The Labute approximate surface area is 209 Å². The number of ketones is 1. The maximum atomic E-state index is 13.3. The first-order valence-electron chi connectivity index (χ1n) is 11.0. The molecule has 1 aliphatic rings. The van der Waals surface area contributed by atoms with Gasteiger partial charge in [0.2, 0.25) is 5.91 Å². The van der Waals surface area contributed by atoms with Crippen LogP contribution < -0.4 is 16.2 Å². The number of aromatic nitrogens is 2. The molecule has 2 N–H and O–H groups in total. The van der Waals surface area contributed by atoms with Gasteiger partial charge in [0.1, 0.15) is 0 Å². The summed E-state index contributed by atoms with van der Waals surface area (Å²) in [4.78, 5) is 41.4. The molecule has 4 rings (SSSR count). The van der Waals surface area contributed by atoms with Gasteiger partial charge in [-0.1, -0.05) is 11.6 Å². The van der Waals surface area contributed by atoms with E-state index in [-0.39, 0.29) is 46.5 Å². The molecule has 7 nitrogen and oxygen atoms in total. The zero-order chi connectivity index (χ0) is 26.1. The maximum absolute atomic E-state index is 13.3. The standard InChI is InChI=1S/C25H22ClF3N4O3/c1-33-9-6-15(10-22(33)35)21(34)12-24(7-8-24)23(36)31-13-17-3-4-18(14-30-17)32-20-5-2-16(26)11-19(20)25(27,28)29/h2-6,9-11,14,32H,7-8,12-13H2,1H3,(H,31,36). The van der Waals surface area contributed by atoms with Crippen molar-refractivity contribution in [1.82, 2.24) is 14.9 Å². The summed E-state index contributed by atoms with van der Waals surface area (Å²) >= 11 is 5.71. The number of aryl methyl sites for hydroxylation is 1. The fourth-order valence-electron chi connectivity index (χ4n) is 3.74. The Bertz CT molecular complexity index is 1370. The number of hydrogen-bond acceptors (Lipinski definition) is 5. The van der Waals surface area contributed by atoms with E-state index in [1.807, 2.05) is 0 Å². The number of Topliss-reactive ketones (excluding diaryl/α,β-unsaturated/α-hetero) is 1. The molecule has 1 aliphatic carbocycles. The van der Waals surface area contributed by atoms with Crippen LogP contribution in [0.1, 0.15) is 40.9 Å². The zero-order valence-electron chi connectivity index (χ0n) is 19.2.